The highest BCUT2D eigenvalue weighted by Crippen LogP contribution is 2.32. The summed E-state index contributed by atoms with van der Waals surface area (Å²) in [4.78, 5) is 20.7. The van der Waals surface area contributed by atoms with Gasteiger partial charge >= 0.3 is 0 Å². The molecule has 0 unspecified atom stereocenters. The molecule has 1 aliphatic heterocycles. The van der Waals surface area contributed by atoms with Gasteiger partial charge in [-0.1, -0.05) is 6.07 Å². The molecule has 25 heavy (non-hydrogen) atoms. The van der Waals surface area contributed by atoms with Gasteiger partial charge in [-0.15, -0.1) is 0 Å². The van der Waals surface area contributed by atoms with E-state index in [0.717, 1.165) is 17.1 Å². The van der Waals surface area contributed by atoms with Crippen LogP contribution in [0.2, 0.25) is 0 Å². The van der Waals surface area contributed by atoms with Gasteiger partial charge in [-0.3, -0.25) is 4.79 Å². The van der Waals surface area contributed by atoms with Gasteiger partial charge < -0.3 is 24.8 Å². The Balaban J connectivity index is 1.65. The first-order chi connectivity index (χ1) is 12.2. The number of aromatic nitrogens is 2. The number of amides is 1. The van der Waals surface area contributed by atoms with Gasteiger partial charge in [0.15, 0.2) is 11.5 Å². The molecule has 8 heteroatoms. The summed E-state index contributed by atoms with van der Waals surface area (Å²) < 4.78 is 15.6. The molecule has 0 saturated heterocycles. The standard InChI is InChI=1S/C17H20N4O4/c1-11-7-13(16(22)18-5-6-23-2)21-17(20-11)19-9-12-3-4-14-15(8-12)25-10-24-14/h3-4,7-8H,5-6,9-10H2,1-2H3,(H,18,22)(H,19,20,21). The summed E-state index contributed by atoms with van der Waals surface area (Å²) in [6, 6.07) is 7.36. The number of aryl methyl sites for hydroxylation is 1. The maximum Gasteiger partial charge on any atom is 0.270 e. The number of nitrogens with one attached hydrogen (secondary N) is 2. The Bertz CT molecular complexity index is 766. The van der Waals surface area contributed by atoms with E-state index in [2.05, 4.69) is 20.6 Å². The molecule has 2 N–H and O–H groups in total. The maximum absolute atomic E-state index is 12.1. The number of methoxy groups -OCH3 is 1. The third-order valence-corrected chi connectivity index (χ3v) is 3.57. The quantitative estimate of drug-likeness (QED) is 0.735. The average Bonchev–Trinajstić information content (AvgIpc) is 3.07. The summed E-state index contributed by atoms with van der Waals surface area (Å²) in [5, 5.41) is 5.88. The Labute approximate surface area is 145 Å². The van der Waals surface area contributed by atoms with E-state index in [9.17, 15) is 4.79 Å². The largest absolute Gasteiger partial charge is 0.454 e. The molecular formula is C17H20N4O4. The van der Waals surface area contributed by atoms with Crippen LogP contribution in [0.25, 0.3) is 0 Å². The first-order valence-electron chi connectivity index (χ1n) is 7.91. The van der Waals surface area contributed by atoms with Crippen LogP contribution in [0.5, 0.6) is 11.5 Å². The van der Waals surface area contributed by atoms with Crippen LogP contribution < -0.4 is 20.1 Å². The molecule has 1 aromatic carbocycles. The second-order valence-electron chi connectivity index (χ2n) is 5.51. The zero-order chi connectivity index (χ0) is 17.6. The lowest BCUT2D eigenvalue weighted by molar-refractivity contribution is 0.0932. The highest BCUT2D eigenvalue weighted by Gasteiger charge is 2.14. The Morgan fingerprint density at radius 1 is 1.24 bits per heavy atom. The topological polar surface area (TPSA) is 94.6 Å². The van der Waals surface area contributed by atoms with E-state index >= 15 is 0 Å². The number of hydrogen-bond acceptors (Lipinski definition) is 7. The minimum atomic E-state index is -0.256. The van der Waals surface area contributed by atoms with Crippen LogP contribution in [0.1, 0.15) is 21.7 Å². The summed E-state index contributed by atoms with van der Waals surface area (Å²) in [6.07, 6.45) is 0. The number of anilines is 1. The lowest BCUT2D eigenvalue weighted by Crippen LogP contribution is -2.28. The molecule has 1 aromatic heterocycles. The molecule has 2 heterocycles. The highest BCUT2D eigenvalue weighted by atomic mass is 16.7. The van der Waals surface area contributed by atoms with Crippen LogP contribution in [0.3, 0.4) is 0 Å². The molecular weight excluding hydrogens is 324 g/mol. The number of nitrogens with zero attached hydrogens (tertiary/aromatic N) is 2. The van der Waals surface area contributed by atoms with E-state index in [1.807, 2.05) is 25.1 Å². The second-order valence-corrected chi connectivity index (χ2v) is 5.51. The van der Waals surface area contributed by atoms with Crippen molar-refractivity contribution in [1.29, 1.82) is 0 Å². The summed E-state index contributed by atoms with van der Waals surface area (Å²) >= 11 is 0. The third-order valence-electron chi connectivity index (χ3n) is 3.57. The number of benzene rings is 1. The molecule has 8 nitrogen and oxygen atoms in total. The predicted octanol–water partition coefficient (Wildman–Crippen LogP) is 1.50. The first kappa shape index (κ1) is 17.0. The number of rotatable bonds is 7. The van der Waals surface area contributed by atoms with Crippen molar-refractivity contribution in [2.24, 2.45) is 0 Å². The molecule has 1 aliphatic rings. The summed E-state index contributed by atoms with van der Waals surface area (Å²) in [5.41, 5.74) is 2.03. The van der Waals surface area contributed by atoms with E-state index in [1.165, 1.54) is 0 Å². The molecule has 0 bridgehead atoms. The zero-order valence-corrected chi connectivity index (χ0v) is 14.2. The Kier molecular flexibility index (Phi) is 5.30. The number of ether oxygens (including phenoxy) is 3. The summed E-state index contributed by atoms with van der Waals surface area (Å²) in [5.74, 6) is 1.61. The van der Waals surface area contributed by atoms with Crippen molar-refractivity contribution in [2.45, 2.75) is 13.5 Å². The lowest BCUT2D eigenvalue weighted by Gasteiger charge is -2.09. The van der Waals surface area contributed by atoms with Crippen molar-refractivity contribution >= 4 is 11.9 Å². The molecule has 0 spiro atoms. The molecule has 0 atom stereocenters. The molecule has 2 aromatic rings. The predicted molar refractivity (Wildman–Crippen MR) is 90.9 cm³/mol. The molecule has 3 rings (SSSR count). The van der Waals surface area contributed by atoms with Gasteiger partial charge in [0, 0.05) is 25.9 Å². The summed E-state index contributed by atoms with van der Waals surface area (Å²) in [6.45, 7) is 3.45. The molecule has 0 aliphatic carbocycles. The van der Waals surface area contributed by atoms with Gasteiger partial charge in [-0.2, -0.15) is 0 Å². The number of fused-ring (bicyclic) bond motifs is 1. The van der Waals surface area contributed by atoms with Crippen molar-refractivity contribution < 1.29 is 19.0 Å². The SMILES string of the molecule is COCCNC(=O)c1cc(C)nc(NCc2ccc3c(c2)OCO3)n1. The van der Waals surface area contributed by atoms with Crippen molar-refractivity contribution in [1.82, 2.24) is 15.3 Å². The van der Waals surface area contributed by atoms with Gasteiger partial charge in [0.1, 0.15) is 5.69 Å². The van der Waals surface area contributed by atoms with E-state index < -0.39 is 0 Å². The lowest BCUT2D eigenvalue weighted by atomic mass is 10.2. The van der Waals surface area contributed by atoms with E-state index in [4.69, 9.17) is 14.2 Å². The van der Waals surface area contributed by atoms with E-state index in [0.29, 0.717) is 37.0 Å². The van der Waals surface area contributed by atoms with Crippen molar-refractivity contribution in [3.8, 4) is 11.5 Å². The van der Waals surface area contributed by atoms with Crippen LogP contribution in [0.4, 0.5) is 5.95 Å². The van der Waals surface area contributed by atoms with Gasteiger partial charge in [0.05, 0.1) is 6.61 Å². The second kappa shape index (κ2) is 7.80. The first-order valence-corrected chi connectivity index (χ1v) is 7.91. The molecule has 0 radical (unpaired) electrons. The van der Waals surface area contributed by atoms with Crippen molar-refractivity contribution in [2.75, 3.05) is 32.4 Å². The van der Waals surface area contributed by atoms with Crippen LogP contribution in [0, 0.1) is 6.92 Å². The molecule has 0 saturated carbocycles. The van der Waals surface area contributed by atoms with Crippen LogP contribution in [-0.4, -0.2) is 42.9 Å². The van der Waals surface area contributed by atoms with Crippen LogP contribution in [-0.2, 0) is 11.3 Å². The number of carbonyl (C=O) groups excluding carboxylic acids is 1. The Morgan fingerprint density at radius 3 is 2.92 bits per heavy atom. The zero-order valence-electron chi connectivity index (χ0n) is 14.2. The highest BCUT2D eigenvalue weighted by molar-refractivity contribution is 5.92. The third kappa shape index (κ3) is 4.36. The fraction of sp³-hybridized carbons (Fsp3) is 0.353. The number of carbonyl (C=O) groups is 1. The molecule has 1 amide bonds. The average molecular weight is 344 g/mol. The Hall–Kier alpha value is -2.87. The van der Waals surface area contributed by atoms with Crippen molar-refractivity contribution in [3.05, 3.63) is 41.2 Å². The normalized spacial score (nSPS) is 12.1. The van der Waals surface area contributed by atoms with E-state index in [-0.39, 0.29) is 12.7 Å². The van der Waals surface area contributed by atoms with Gasteiger partial charge in [0.25, 0.3) is 5.91 Å². The minimum Gasteiger partial charge on any atom is -0.454 e. The van der Waals surface area contributed by atoms with Gasteiger partial charge in [-0.05, 0) is 30.7 Å². The van der Waals surface area contributed by atoms with Gasteiger partial charge in [-0.25, -0.2) is 9.97 Å². The molecule has 132 valence electrons. The number of hydrogen-bond donors (Lipinski definition) is 2. The van der Waals surface area contributed by atoms with Crippen molar-refractivity contribution in [3.63, 3.8) is 0 Å². The summed E-state index contributed by atoms with van der Waals surface area (Å²) in [7, 11) is 1.58. The van der Waals surface area contributed by atoms with E-state index in [1.54, 1.807) is 13.2 Å². The fourth-order valence-electron chi connectivity index (χ4n) is 2.35. The van der Waals surface area contributed by atoms with Gasteiger partial charge in [0.2, 0.25) is 12.7 Å². The van der Waals surface area contributed by atoms with Crippen LogP contribution >= 0.6 is 0 Å². The van der Waals surface area contributed by atoms with Crippen LogP contribution in [0.15, 0.2) is 24.3 Å². The monoisotopic (exact) mass is 344 g/mol. The Morgan fingerprint density at radius 2 is 2.08 bits per heavy atom. The minimum absolute atomic E-state index is 0.245. The smallest absolute Gasteiger partial charge is 0.270 e. The maximum atomic E-state index is 12.1. The molecule has 0 fully saturated rings. The fourth-order valence-corrected chi connectivity index (χ4v) is 2.35.